The molecule has 2 heterocycles. The molecule has 2 aliphatic rings. The van der Waals surface area contributed by atoms with E-state index in [0.29, 0.717) is 12.1 Å². The summed E-state index contributed by atoms with van der Waals surface area (Å²) in [5.74, 6) is -1.27. The molecule has 5 rings (SSSR count). The Balaban J connectivity index is 1.67. The lowest BCUT2D eigenvalue weighted by atomic mass is 9.98. The molecule has 7 heteroatoms. The molecule has 0 saturated carbocycles. The lowest BCUT2D eigenvalue weighted by Crippen LogP contribution is -2.37. The zero-order chi connectivity index (χ0) is 23.2. The number of imide groups is 1. The van der Waals surface area contributed by atoms with Gasteiger partial charge < -0.3 is 4.90 Å². The predicted molar refractivity (Wildman–Crippen MR) is 119 cm³/mol. The topological polar surface area (TPSA) is 40.6 Å². The third-order valence-electron chi connectivity index (χ3n) is 5.93. The van der Waals surface area contributed by atoms with E-state index >= 15 is 0 Å². The van der Waals surface area contributed by atoms with Crippen LogP contribution in [0.15, 0.2) is 84.6 Å². The molecule has 0 atom stereocenters. The number of para-hydroxylation sites is 1. The van der Waals surface area contributed by atoms with Crippen LogP contribution in [0.5, 0.6) is 0 Å². The lowest BCUT2D eigenvalue weighted by molar-refractivity contribution is -0.137. The molecule has 166 valence electrons. The fourth-order valence-corrected chi connectivity index (χ4v) is 4.46. The van der Waals surface area contributed by atoms with Crippen molar-refractivity contribution in [3.63, 3.8) is 0 Å². The highest BCUT2D eigenvalue weighted by atomic mass is 19.4. The fourth-order valence-electron chi connectivity index (χ4n) is 4.46. The van der Waals surface area contributed by atoms with Gasteiger partial charge in [0.25, 0.3) is 11.8 Å². The summed E-state index contributed by atoms with van der Waals surface area (Å²) in [5, 5.41) is 0. The van der Waals surface area contributed by atoms with Gasteiger partial charge >= 0.3 is 6.18 Å². The number of carbonyl (C=O) groups is 2. The maximum atomic E-state index is 13.7. The summed E-state index contributed by atoms with van der Waals surface area (Å²) >= 11 is 0. The maximum absolute atomic E-state index is 13.7. The Bertz CT molecular complexity index is 1280. The zero-order valence-corrected chi connectivity index (χ0v) is 17.5. The quantitative estimate of drug-likeness (QED) is 0.501. The van der Waals surface area contributed by atoms with Gasteiger partial charge in [-0.05, 0) is 48.2 Å². The van der Waals surface area contributed by atoms with E-state index in [1.165, 1.54) is 12.1 Å². The Labute approximate surface area is 188 Å². The number of hydrogen-bond donors (Lipinski definition) is 0. The number of anilines is 2. The van der Waals surface area contributed by atoms with Crippen molar-refractivity contribution in [2.75, 3.05) is 16.3 Å². The third-order valence-corrected chi connectivity index (χ3v) is 5.93. The van der Waals surface area contributed by atoms with Crippen LogP contribution >= 0.6 is 0 Å². The zero-order valence-electron chi connectivity index (χ0n) is 17.5. The smallest absolute Gasteiger partial charge is 0.336 e. The molecule has 0 fully saturated rings. The second-order valence-corrected chi connectivity index (χ2v) is 7.97. The molecule has 0 N–H and O–H groups in total. The van der Waals surface area contributed by atoms with E-state index in [2.05, 4.69) is 0 Å². The number of hydrogen-bond acceptors (Lipinski definition) is 3. The van der Waals surface area contributed by atoms with E-state index in [1.54, 1.807) is 30.3 Å². The largest absolute Gasteiger partial charge is 0.416 e. The van der Waals surface area contributed by atoms with E-state index in [-0.39, 0.29) is 17.0 Å². The van der Waals surface area contributed by atoms with Crippen LogP contribution in [0.3, 0.4) is 0 Å². The first-order chi connectivity index (χ1) is 15.9. The first-order valence-electron chi connectivity index (χ1n) is 10.6. The van der Waals surface area contributed by atoms with Crippen LogP contribution in [0.2, 0.25) is 0 Å². The average molecular weight is 448 g/mol. The molecule has 2 amide bonds. The SMILES string of the molecule is O=C1C(c2ccccc2)=C(N2CCCc3ccccc32)C(=O)N1c1cccc(C(F)(F)F)c1. The summed E-state index contributed by atoms with van der Waals surface area (Å²) in [5.41, 5.74) is 1.79. The highest BCUT2D eigenvalue weighted by molar-refractivity contribution is 6.46. The van der Waals surface area contributed by atoms with Crippen LogP contribution in [-0.4, -0.2) is 18.4 Å². The maximum Gasteiger partial charge on any atom is 0.416 e. The molecule has 33 heavy (non-hydrogen) atoms. The molecule has 0 aliphatic carbocycles. The minimum absolute atomic E-state index is 0.103. The third kappa shape index (κ3) is 3.59. The van der Waals surface area contributed by atoms with Gasteiger partial charge in [0.15, 0.2) is 0 Å². The summed E-state index contributed by atoms with van der Waals surface area (Å²) in [6.45, 7) is 0.526. The Kier molecular flexibility index (Phi) is 5.04. The van der Waals surface area contributed by atoms with Crippen molar-refractivity contribution in [3.05, 3.63) is 101 Å². The number of aryl methyl sites for hydroxylation is 1. The molecule has 3 aromatic carbocycles. The number of amides is 2. The van der Waals surface area contributed by atoms with E-state index in [0.717, 1.165) is 41.1 Å². The van der Waals surface area contributed by atoms with Crippen LogP contribution in [0.25, 0.3) is 5.57 Å². The number of carbonyl (C=O) groups excluding carboxylic acids is 2. The number of rotatable bonds is 3. The first kappa shape index (κ1) is 21.0. The molecular formula is C26H19F3N2O2. The van der Waals surface area contributed by atoms with Gasteiger partial charge in [0.2, 0.25) is 0 Å². The Morgan fingerprint density at radius 1 is 0.788 bits per heavy atom. The molecule has 0 unspecified atom stereocenters. The number of alkyl halides is 3. The number of fused-ring (bicyclic) bond motifs is 1. The van der Waals surface area contributed by atoms with Crippen molar-refractivity contribution in [3.8, 4) is 0 Å². The van der Waals surface area contributed by atoms with Gasteiger partial charge in [-0.15, -0.1) is 0 Å². The van der Waals surface area contributed by atoms with Gasteiger partial charge in [-0.2, -0.15) is 13.2 Å². The van der Waals surface area contributed by atoms with Crippen LogP contribution in [-0.2, 0) is 22.2 Å². The van der Waals surface area contributed by atoms with Crippen LogP contribution in [0.4, 0.5) is 24.5 Å². The molecule has 0 spiro atoms. The van der Waals surface area contributed by atoms with Crippen molar-refractivity contribution < 1.29 is 22.8 Å². The highest BCUT2D eigenvalue weighted by Crippen LogP contribution is 2.40. The van der Waals surface area contributed by atoms with Crippen molar-refractivity contribution in [1.29, 1.82) is 0 Å². The van der Waals surface area contributed by atoms with Gasteiger partial charge in [0.05, 0.1) is 16.8 Å². The average Bonchev–Trinajstić information content (AvgIpc) is 3.08. The second kappa shape index (κ2) is 7.92. The second-order valence-electron chi connectivity index (χ2n) is 7.97. The summed E-state index contributed by atoms with van der Waals surface area (Å²) in [6, 6.07) is 20.7. The number of benzene rings is 3. The van der Waals surface area contributed by atoms with E-state index < -0.39 is 23.6 Å². The standard InChI is InChI=1S/C26H19F3N2O2/c27-26(28,29)19-12-6-13-20(16-19)31-24(32)22(18-9-2-1-3-10-18)23(25(31)33)30-15-7-11-17-8-4-5-14-21(17)30/h1-6,8-10,12-14,16H,7,11,15H2. The Hall–Kier alpha value is -3.87. The Morgan fingerprint density at radius 3 is 2.27 bits per heavy atom. The summed E-state index contributed by atoms with van der Waals surface area (Å²) in [7, 11) is 0. The van der Waals surface area contributed by atoms with Crippen molar-refractivity contribution >= 4 is 28.8 Å². The van der Waals surface area contributed by atoms with E-state index in [9.17, 15) is 22.8 Å². The fraction of sp³-hybridized carbons (Fsp3) is 0.154. The molecule has 3 aromatic rings. The van der Waals surface area contributed by atoms with E-state index in [4.69, 9.17) is 0 Å². The van der Waals surface area contributed by atoms with Gasteiger partial charge in [0, 0.05) is 12.2 Å². The van der Waals surface area contributed by atoms with Gasteiger partial charge in [-0.1, -0.05) is 54.6 Å². The minimum Gasteiger partial charge on any atom is -0.336 e. The molecule has 0 radical (unpaired) electrons. The molecular weight excluding hydrogens is 429 g/mol. The van der Waals surface area contributed by atoms with Gasteiger partial charge in [-0.3, -0.25) is 9.59 Å². The summed E-state index contributed by atoms with van der Waals surface area (Å²) < 4.78 is 39.9. The van der Waals surface area contributed by atoms with Crippen molar-refractivity contribution in [2.24, 2.45) is 0 Å². The van der Waals surface area contributed by atoms with Crippen molar-refractivity contribution in [2.45, 2.75) is 19.0 Å². The number of nitrogens with zero attached hydrogens (tertiary/aromatic N) is 2. The number of halogens is 3. The normalized spacial score (nSPS) is 16.5. The van der Waals surface area contributed by atoms with E-state index in [1.807, 2.05) is 29.2 Å². The monoisotopic (exact) mass is 448 g/mol. The molecule has 0 bridgehead atoms. The van der Waals surface area contributed by atoms with Crippen LogP contribution in [0, 0.1) is 0 Å². The molecule has 0 aromatic heterocycles. The van der Waals surface area contributed by atoms with Crippen molar-refractivity contribution in [1.82, 2.24) is 0 Å². The molecule has 2 aliphatic heterocycles. The predicted octanol–water partition coefficient (Wildman–Crippen LogP) is 5.44. The molecule has 0 saturated heterocycles. The Morgan fingerprint density at radius 2 is 1.52 bits per heavy atom. The lowest BCUT2D eigenvalue weighted by Gasteiger charge is -2.32. The van der Waals surface area contributed by atoms with Gasteiger partial charge in [0.1, 0.15) is 5.70 Å². The van der Waals surface area contributed by atoms with Crippen LogP contribution < -0.4 is 9.80 Å². The first-order valence-corrected chi connectivity index (χ1v) is 10.6. The summed E-state index contributed by atoms with van der Waals surface area (Å²) in [4.78, 5) is 30.0. The van der Waals surface area contributed by atoms with Gasteiger partial charge in [-0.25, -0.2) is 4.90 Å². The highest BCUT2D eigenvalue weighted by Gasteiger charge is 2.44. The summed E-state index contributed by atoms with van der Waals surface area (Å²) in [6.07, 6.45) is -2.96. The minimum atomic E-state index is -4.59. The van der Waals surface area contributed by atoms with Crippen LogP contribution in [0.1, 0.15) is 23.1 Å². The molecule has 4 nitrogen and oxygen atoms in total.